The second-order valence-electron chi connectivity index (χ2n) is 6.13. The molecule has 0 spiro atoms. The van der Waals surface area contributed by atoms with E-state index in [0.29, 0.717) is 17.5 Å². The molecule has 0 amide bonds. The van der Waals surface area contributed by atoms with Crippen LogP contribution in [0.2, 0.25) is 0 Å². The summed E-state index contributed by atoms with van der Waals surface area (Å²) in [5.41, 5.74) is 1.18. The van der Waals surface area contributed by atoms with Crippen LogP contribution in [0.3, 0.4) is 0 Å². The van der Waals surface area contributed by atoms with Crippen molar-refractivity contribution in [2.24, 2.45) is 0 Å². The van der Waals surface area contributed by atoms with Gasteiger partial charge >= 0.3 is 5.97 Å². The summed E-state index contributed by atoms with van der Waals surface area (Å²) in [4.78, 5) is 41.7. The Balaban J connectivity index is 2.07. The lowest BCUT2D eigenvalue weighted by Crippen LogP contribution is -2.11. The van der Waals surface area contributed by atoms with Gasteiger partial charge in [0.25, 0.3) is 11.2 Å². The molecule has 0 aliphatic carbocycles. The number of H-pyrrole nitrogens is 1. The molecular weight excluding hydrogens is 398 g/mol. The van der Waals surface area contributed by atoms with E-state index in [1.54, 1.807) is 12.1 Å². The number of rotatable bonds is 5. The lowest BCUT2D eigenvalue weighted by Gasteiger charge is -2.05. The van der Waals surface area contributed by atoms with Gasteiger partial charge in [-0.1, -0.05) is 30.7 Å². The summed E-state index contributed by atoms with van der Waals surface area (Å²) in [5, 5.41) is 11.6. The smallest absolute Gasteiger partial charge is 0.337 e. The number of aromatic nitrogens is 2. The predicted molar refractivity (Wildman–Crippen MR) is 110 cm³/mol. The number of nitrogens with one attached hydrogen (secondary N) is 1. The van der Waals surface area contributed by atoms with Crippen LogP contribution in [0.25, 0.3) is 22.0 Å². The summed E-state index contributed by atoms with van der Waals surface area (Å²) in [7, 11) is 1.26. The van der Waals surface area contributed by atoms with Gasteiger partial charge < -0.3 is 9.72 Å². The van der Waals surface area contributed by atoms with E-state index in [9.17, 15) is 19.7 Å². The monoisotopic (exact) mass is 413 g/mol. The Morgan fingerprint density at radius 3 is 2.72 bits per heavy atom. The van der Waals surface area contributed by atoms with Crippen molar-refractivity contribution in [2.75, 3.05) is 7.11 Å². The minimum Gasteiger partial charge on any atom is -0.465 e. The van der Waals surface area contributed by atoms with Gasteiger partial charge in [-0.3, -0.25) is 14.9 Å². The highest BCUT2D eigenvalue weighted by atomic mass is 35.5. The third kappa shape index (κ3) is 4.17. The van der Waals surface area contributed by atoms with E-state index in [4.69, 9.17) is 11.6 Å². The van der Waals surface area contributed by atoms with E-state index in [0.717, 1.165) is 0 Å². The van der Waals surface area contributed by atoms with Crippen LogP contribution in [0, 0.1) is 10.1 Å². The number of carbonyl (C=O) groups excluding carboxylic acids is 1. The average Bonchev–Trinajstić information content (AvgIpc) is 2.72. The number of methoxy groups -OCH3 is 1. The summed E-state index contributed by atoms with van der Waals surface area (Å²) < 4.78 is 4.68. The quantitative estimate of drug-likeness (QED) is 0.385. The second-order valence-corrected chi connectivity index (χ2v) is 6.54. The van der Waals surface area contributed by atoms with E-state index in [1.165, 1.54) is 37.5 Å². The average molecular weight is 414 g/mol. The Bertz CT molecular complexity index is 1220. The van der Waals surface area contributed by atoms with Crippen molar-refractivity contribution in [1.29, 1.82) is 0 Å². The van der Waals surface area contributed by atoms with Crippen molar-refractivity contribution >= 4 is 45.3 Å². The zero-order valence-electron chi connectivity index (χ0n) is 15.6. The highest BCUT2D eigenvalue weighted by Crippen LogP contribution is 2.25. The minimum absolute atomic E-state index is 0.00611. The van der Waals surface area contributed by atoms with Crippen LogP contribution in [0.1, 0.15) is 34.2 Å². The molecule has 29 heavy (non-hydrogen) atoms. The standard InChI is InChI=1S/C20H16ClN3O5/c1-3-12-5-4-11(9-17(12)24(27)28)8-15(21)18-22-16-10-13(20(26)29-2)6-7-14(16)19(25)23-18/h4-10H,3H2,1-2H3,(H,22,23,25)/b15-8-. The number of hydrogen-bond donors (Lipinski definition) is 1. The van der Waals surface area contributed by atoms with Gasteiger partial charge in [0, 0.05) is 11.6 Å². The first kappa shape index (κ1) is 20.2. The van der Waals surface area contributed by atoms with E-state index in [-0.39, 0.29) is 33.0 Å². The predicted octanol–water partition coefficient (Wildman–Crippen LogP) is 3.92. The summed E-state index contributed by atoms with van der Waals surface area (Å²) in [6.45, 7) is 1.83. The molecule has 8 nitrogen and oxygen atoms in total. The summed E-state index contributed by atoms with van der Waals surface area (Å²) in [6, 6.07) is 9.15. The number of carbonyl (C=O) groups is 1. The molecule has 0 saturated carbocycles. The molecule has 0 saturated heterocycles. The molecule has 1 aromatic heterocycles. The number of aryl methyl sites for hydroxylation is 1. The molecule has 0 unspecified atom stereocenters. The molecule has 0 atom stereocenters. The van der Waals surface area contributed by atoms with Crippen molar-refractivity contribution in [3.05, 3.63) is 79.4 Å². The van der Waals surface area contributed by atoms with Gasteiger partial charge in [0.2, 0.25) is 0 Å². The number of nitrogens with zero attached hydrogens (tertiary/aromatic N) is 2. The third-order valence-corrected chi connectivity index (χ3v) is 4.62. The Hall–Kier alpha value is -3.52. The van der Waals surface area contributed by atoms with Crippen LogP contribution in [0.5, 0.6) is 0 Å². The Morgan fingerprint density at radius 2 is 2.07 bits per heavy atom. The minimum atomic E-state index is -0.555. The first-order chi connectivity index (χ1) is 13.8. The van der Waals surface area contributed by atoms with Crippen LogP contribution >= 0.6 is 11.6 Å². The maximum atomic E-state index is 12.3. The van der Waals surface area contributed by atoms with Crippen molar-refractivity contribution in [3.8, 4) is 0 Å². The topological polar surface area (TPSA) is 115 Å². The third-order valence-electron chi connectivity index (χ3n) is 4.33. The summed E-state index contributed by atoms with van der Waals surface area (Å²) >= 11 is 6.32. The van der Waals surface area contributed by atoms with Crippen LogP contribution in [-0.2, 0) is 11.2 Å². The van der Waals surface area contributed by atoms with Gasteiger partial charge in [0.1, 0.15) is 0 Å². The molecule has 0 fully saturated rings. The number of nitro benzene ring substituents is 1. The van der Waals surface area contributed by atoms with Gasteiger partial charge in [0.15, 0.2) is 5.82 Å². The maximum absolute atomic E-state index is 12.3. The highest BCUT2D eigenvalue weighted by Gasteiger charge is 2.14. The zero-order chi connectivity index (χ0) is 21.1. The summed E-state index contributed by atoms with van der Waals surface area (Å²) in [6.07, 6.45) is 2.00. The highest BCUT2D eigenvalue weighted by molar-refractivity contribution is 6.50. The van der Waals surface area contributed by atoms with Crippen LogP contribution in [0.4, 0.5) is 5.69 Å². The molecule has 9 heteroatoms. The Labute approximate surface area is 170 Å². The molecule has 0 aliphatic rings. The molecule has 2 aromatic carbocycles. The Morgan fingerprint density at radius 1 is 1.31 bits per heavy atom. The number of esters is 1. The van der Waals surface area contributed by atoms with Gasteiger partial charge in [-0.05, 0) is 36.3 Å². The molecule has 148 valence electrons. The molecule has 0 bridgehead atoms. The van der Waals surface area contributed by atoms with E-state index >= 15 is 0 Å². The second kappa shape index (κ2) is 8.24. The molecule has 1 heterocycles. The van der Waals surface area contributed by atoms with Crippen molar-refractivity contribution in [2.45, 2.75) is 13.3 Å². The van der Waals surface area contributed by atoms with E-state index in [2.05, 4.69) is 14.7 Å². The van der Waals surface area contributed by atoms with Crippen LogP contribution in [0.15, 0.2) is 41.2 Å². The lowest BCUT2D eigenvalue weighted by atomic mass is 10.1. The molecule has 0 aliphatic heterocycles. The number of ether oxygens (including phenoxy) is 1. The number of nitro groups is 1. The molecule has 3 rings (SSSR count). The number of benzene rings is 2. The number of hydrogen-bond acceptors (Lipinski definition) is 6. The number of aromatic amines is 1. The SMILES string of the molecule is CCc1ccc(/C=C(\Cl)c2nc3cc(C(=O)OC)ccc3c(=O)[nH]2)cc1[N+](=O)[O-]. The van der Waals surface area contributed by atoms with E-state index < -0.39 is 16.5 Å². The molecule has 1 N–H and O–H groups in total. The molecule has 0 radical (unpaired) electrons. The van der Waals surface area contributed by atoms with Gasteiger partial charge in [-0.2, -0.15) is 0 Å². The van der Waals surface area contributed by atoms with E-state index in [1.807, 2.05) is 6.92 Å². The zero-order valence-corrected chi connectivity index (χ0v) is 16.3. The van der Waals surface area contributed by atoms with Gasteiger partial charge in [0.05, 0.1) is 33.5 Å². The van der Waals surface area contributed by atoms with Crippen LogP contribution in [-0.4, -0.2) is 28.0 Å². The van der Waals surface area contributed by atoms with Crippen molar-refractivity contribution < 1.29 is 14.5 Å². The fourth-order valence-corrected chi connectivity index (χ4v) is 3.07. The first-order valence-corrected chi connectivity index (χ1v) is 8.99. The van der Waals surface area contributed by atoms with Gasteiger partial charge in [-0.15, -0.1) is 0 Å². The Kier molecular flexibility index (Phi) is 5.74. The normalized spacial score (nSPS) is 11.5. The molecule has 3 aromatic rings. The number of fused-ring (bicyclic) bond motifs is 1. The molecular formula is C20H16ClN3O5. The van der Waals surface area contributed by atoms with Crippen LogP contribution < -0.4 is 5.56 Å². The number of halogens is 1. The van der Waals surface area contributed by atoms with Crippen molar-refractivity contribution in [3.63, 3.8) is 0 Å². The van der Waals surface area contributed by atoms with Crippen molar-refractivity contribution in [1.82, 2.24) is 9.97 Å². The fraction of sp³-hybridized carbons (Fsp3) is 0.150. The maximum Gasteiger partial charge on any atom is 0.337 e. The fourth-order valence-electron chi connectivity index (χ4n) is 2.85. The van der Waals surface area contributed by atoms with Gasteiger partial charge in [-0.25, -0.2) is 9.78 Å². The lowest BCUT2D eigenvalue weighted by molar-refractivity contribution is -0.385. The summed E-state index contributed by atoms with van der Waals surface area (Å²) in [5.74, 6) is -0.478. The largest absolute Gasteiger partial charge is 0.465 e. The first-order valence-electron chi connectivity index (χ1n) is 8.61.